The molecule has 0 saturated carbocycles. The number of rotatable bonds is 16. The number of nitrogens with zero attached hydrogens (tertiary/aromatic N) is 3. The summed E-state index contributed by atoms with van der Waals surface area (Å²) < 4.78 is 0. The number of para-hydroxylation sites is 1. The SMILES string of the molecule is CCCCCCCCCCCCCCCCNC(=O)N1NCN2c3c(c4c([s+]3C)C=CC4)CN(c3ccccc3Cl)CC12. The van der Waals surface area contributed by atoms with E-state index in [2.05, 4.69) is 51.9 Å². The van der Waals surface area contributed by atoms with Crippen molar-refractivity contribution < 1.29 is 4.79 Å². The summed E-state index contributed by atoms with van der Waals surface area (Å²) in [6, 6.07) is 8.07. The summed E-state index contributed by atoms with van der Waals surface area (Å²) in [6.07, 6.45) is 26.6. The Morgan fingerprint density at radius 2 is 1.60 bits per heavy atom. The van der Waals surface area contributed by atoms with Crippen LogP contribution in [-0.4, -0.2) is 37.0 Å². The number of carbonyl (C=O) groups is 1. The molecule has 236 valence electrons. The Labute approximate surface area is 267 Å². The zero-order chi connectivity index (χ0) is 30.0. The molecule has 6 nitrogen and oxygen atoms in total. The molecule has 2 aromatic rings. The molecule has 0 radical (unpaired) electrons. The number of halogens is 1. The number of hydrogen-bond donors (Lipinski definition) is 2. The van der Waals surface area contributed by atoms with Crippen LogP contribution in [0.3, 0.4) is 0 Å². The fourth-order valence-electron chi connectivity index (χ4n) is 7.02. The lowest BCUT2D eigenvalue weighted by atomic mass is 10.0. The second kappa shape index (κ2) is 16.2. The molecule has 2 amide bonds. The van der Waals surface area contributed by atoms with E-state index in [-0.39, 0.29) is 22.7 Å². The van der Waals surface area contributed by atoms with Crippen LogP contribution >= 0.6 is 22.1 Å². The molecule has 1 aliphatic carbocycles. The Balaban J connectivity index is 1.08. The molecule has 2 atom stereocenters. The van der Waals surface area contributed by atoms with Crippen LogP contribution in [0.1, 0.15) is 113 Å². The molecule has 1 fully saturated rings. The lowest BCUT2D eigenvalue weighted by Crippen LogP contribution is -2.53. The Hall–Kier alpha value is -2.22. The van der Waals surface area contributed by atoms with Gasteiger partial charge < -0.3 is 10.2 Å². The monoisotopic (exact) mass is 626 g/mol. The predicted octanol–water partition coefficient (Wildman–Crippen LogP) is 9.32. The van der Waals surface area contributed by atoms with Crippen molar-refractivity contribution in [1.82, 2.24) is 15.8 Å². The van der Waals surface area contributed by atoms with Crippen LogP contribution in [0, 0.1) is 0 Å². The number of carbonyl (C=O) groups excluding carboxylic acids is 1. The molecule has 0 spiro atoms. The Morgan fingerprint density at radius 3 is 2.28 bits per heavy atom. The van der Waals surface area contributed by atoms with Crippen molar-refractivity contribution in [3.8, 4) is 0 Å². The molecule has 0 bridgehead atoms. The lowest BCUT2D eigenvalue weighted by Gasteiger charge is -2.32. The highest BCUT2D eigenvalue weighted by molar-refractivity contribution is 7.34. The van der Waals surface area contributed by atoms with Crippen LogP contribution < -0.4 is 20.5 Å². The molecule has 1 aromatic carbocycles. The fraction of sp³-hybridized carbons (Fsp3) is 0.629. The maximum Gasteiger partial charge on any atom is 0.333 e. The third-order valence-electron chi connectivity index (χ3n) is 9.41. The molecule has 5 rings (SSSR count). The van der Waals surface area contributed by atoms with Crippen LogP contribution in [0.25, 0.3) is 6.08 Å². The highest BCUT2D eigenvalue weighted by atomic mass is 35.5. The molecule has 43 heavy (non-hydrogen) atoms. The van der Waals surface area contributed by atoms with Gasteiger partial charge in [-0.05, 0) is 31.1 Å². The summed E-state index contributed by atoms with van der Waals surface area (Å²) in [6.45, 7) is 5.17. The molecule has 8 heteroatoms. The van der Waals surface area contributed by atoms with E-state index in [1.165, 1.54) is 104 Å². The number of anilines is 2. The van der Waals surface area contributed by atoms with Gasteiger partial charge in [-0.25, -0.2) is 15.2 Å². The van der Waals surface area contributed by atoms with Gasteiger partial charge in [0, 0.05) is 22.6 Å². The molecule has 2 aliphatic heterocycles. The van der Waals surface area contributed by atoms with Crippen molar-refractivity contribution in [2.24, 2.45) is 6.26 Å². The Bertz CT molecular complexity index is 1230. The second-order valence-electron chi connectivity index (χ2n) is 12.5. The van der Waals surface area contributed by atoms with Crippen molar-refractivity contribution in [2.75, 3.05) is 29.6 Å². The first-order chi connectivity index (χ1) is 21.1. The van der Waals surface area contributed by atoms with E-state index in [4.69, 9.17) is 11.6 Å². The first kappa shape index (κ1) is 32.2. The van der Waals surface area contributed by atoms with E-state index in [9.17, 15) is 4.79 Å². The van der Waals surface area contributed by atoms with E-state index in [1.54, 1.807) is 0 Å². The minimum atomic E-state index is -0.0981. The van der Waals surface area contributed by atoms with E-state index < -0.39 is 0 Å². The topological polar surface area (TPSA) is 50.9 Å². The number of nitrogens with one attached hydrogen (secondary N) is 2. The average molecular weight is 627 g/mol. The molecule has 2 N–H and O–H groups in total. The van der Waals surface area contributed by atoms with Crippen molar-refractivity contribution in [3.63, 3.8) is 0 Å². The van der Waals surface area contributed by atoms with Crippen molar-refractivity contribution in [2.45, 2.75) is 116 Å². The number of thiophene rings is 1. The summed E-state index contributed by atoms with van der Waals surface area (Å²) in [5.74, 6) is 0. The van der Waals surface area contributed by atoms with Crippen LogP contribution in [0.15, 0.2) is 30.3 Å². The van der Waals surface area contributed by atoms with Gasteiger partial charge in [0.05, 0.1) is 36.0 Å². The predicted molar refractivity (Wildman–Crippen MR) is 185 cm³/mol. The molecule has 3 aliphatic rings. The number of amides is 2. The maximum absolute atomic E-state index is 13.5. The largest absolute Gasteiger partial charge is 0.362 e. The van der Waals surface area contributed by atoms with Crippen LogP contribution in [-0.2, 0) is 19.2 Å². The average Bonchev–Trinajstić information content (AvgIpc) is 3.69. The van der Waals surface area contributed by atoms with Crippen LogP contribution in [0.2, 0.25) is 5.02 Å². The highest BCUT2D eigenvalue weighted by Gasteiger charge is 2.46. The van der Waals surface area contributed by atoms with Crippen LogP contribution in [0.4, 0.5) is 15.5 Å². The van der Waals surface area contributed by atoms with Gasteiger partial charge in [0.1, 0.15) is 12.4 Å². The van der Waals surface area contributed by atoms with Gasteiger partial charge in [0.2, 0.25) is 0 Å². The number of urea groups is 1. The first-order valence-electron chi connectivity index (χ1n) is 17.0. The summed E-state index contributed by atoms with van der Waals surface area (Å²) in [7, 11) is 0.00309. The van der Waals surface area contributed by atoms with Gasteiger partial charge >= 0.3 is 6.03 Å². The van der Waals surface area contributed by atoms with E-state index in [0.29, 0.717) is 13.2 Å². The normalized spacial score (nSPS) is 17.7. The number of hydrogen-bond acceptors (Lipinski definition) is 4. The molecule has 3 heterocycles. The van der Waals surface area contributed by atoms with Crippen molar-refractivity contribution >= 4 is 44.9 Å². The summed E-state index contributed by atoms with van der Waals surface area (Å²) in [5, 5.41) is 7.20. The standard InChI is InChI=1S/C35H52ClN5OS/c1-3-4-5-6-7-8-9-10-11-12-13-14-15-18-24-37-35(42)41-33-26-39(31-22-17-16-21-30(31)36)25-29-28-20-19-23-32(28)43(2)34(29)40(33)27-38-41/h16-17,19,21-23,33,38H,3-15,18,20,24-27H2,1-2H3/p+1. The summed E-state index contributed by atoms with van der Waals surface area (Å²) >= 11 is 6.71. The van der Waals surface area contributed by atoms with Gasteiger partial charge in [-0.15, -0.1) is 0 Å². The maximum atomic E-state index is 13.5. The highest BCUT2D eigenvalue weighted by Crippen LogP contribution is 2.50. The summed E-state index contributed by atoms with van der Waals surface area (Å²) in [5.41, 5.74) is 7.35. The van der Waals surface area contributed by atoms with Gasteiger partial charge in [0.15, 0.2) is 4.88 Å². The molecule has 2 unspecified atom stereocenters. The molecular weight excluding hydrogens is 574 g/mol. The number of fused-ring (bicyclic) bond motifs is 5. The first-order valence-corrected chi connectivity index (χ1v) is 19.0. The third-order valence-corrected chi connectivity index (χ3v) is 11.8. The minimum Gasteiger partial charge on any atom is -0.362 e. The zero-order valence-corrected chi connectivity index (χ0v) is 28.1. The van der Waals surface area contributed by atoms with Crippen molar-refractivity contribution in [1.29, 1.82) is 0 Å². The zero-order valence-electron chi connectivity index (χ0n) is 26.5. The smallest absolute Gasteiger partial charge is 0.333 e. The number of unbranched alkanes of at least 4 members (excludes halogenated alkanes) is 13. The molecule has 1 aromatic heterocycles. The number of hydrazine groups is 1. The van der Waals surface area contributed by atoms with Crippen LogP contribution in [0.5, 0.6) is 0 Å². The number of benzene rings is 1. The van der Waals surface area contributed by atoms with Gasteiger partial charge in [-0.3, -0.25) is 4.90 Å². The van der Waals surface area contributed by atoms with Crippen molar-refractivity contribution in [3.05, 3.63) is 51.4 Å². The molecular formula is C35H53ClN5OS+. The third kappa shape index (κ3) is 7.90. The van der Waals surface area contributed by atoms with E-state index in [0.717, 1.165) is 36.6 Å². The number of allylic oxidation sites excluding steroid dienone is 1. The Morgan fingerprint density at radius 1 is 0.953 bits per heavy atom. The van der Waals surface area contributed by atoms with Gasteiger partial charge in [0.25, 0.3) is 5.00 Å². The van der Waals surface area contributed by atoms with Gasteiger partial charge in [-0.1, -0.05) is 120 Å². The summed E-state index contributed by atoms with van der Waals surface area (Å²) in [4.78, 5) is 19.7. The quantitative estimate of drug-likeness (QED) is 0.144. The second-order valence-corrected chi connectivity index (χ2v) is 14.8. The lowest BCUT2D eigenvalue weighted by molar-refractivity contribution is 0.170. The molecule has 1 saturated heterocycles. The fourth-order valence-corrected chi connectivity index (χ4v) is 9.45. The van der Waals surface area contributed by atoms with E-state index >= 15 is 0 Å². The van der Waals surface area contributed by atoms with Gasteiger partial charge in [-0.2, -0.15) is 0 Å². The Kier molecular flexibility index (Phi) is 12.1. The minimum absolute atomic E-state index is 0.00309. The van der Waals surface area contributed by atoms with E-state index in [1.807, 2.05) is 23.2 Å².